The molecule has 0 saturated carbocycles. The van der Waals surface area contributed by atoms with Crippen molar-refractivity contribution < 1.29 is 4.39 Å². The molecule has 0 N–H and O–H groups in total. The van der Waals surface area contributed by atoms with Gasteiger partial charge in [0.15, 0.2) is 0 Å². The van der Waals surface area contributed by atoms with Crippen molar-refractivity contribution in [3.8, 4) is 11.1 Å². The van der Waals surface area contributed by atoms with Gasteiger partial charge in [0.2, 0.25) is 0 Å². The van der Waals surface area contributed by atoms with Crippen molar-refractivity contribution in [1.82, 2.24) is 19.3 Å². The number of aryl methyl sites for hydroxylation is 1. The van der Waals surface area contributed by atoms with Gasteiger partial charge < -0.3 is 4.57 Å². The second-order valence-corrected chi connectivity index (χ2v) is 5.57. The lowest BCUT2D eigenvalue weighted by Crippen LogP contribution is -2.00. The molecule has 114 valence electrons. The first kappa shape index (κ1) is 13.7. The summed E-state index contributed by atoms with van der Waals surface area (Å²) in [5, 5.41) is 4.19. The summed E-state index contributed by atoms with van der Waals surface area (Å²) in [5.74, 6) is -0.189. The van der Waals surface area contributed by atoms with Crippen LogP contribution in [0.15, 0.2) is 61.2 Å². The maximum absolute atomic E-state index is 13.9. The molecular formula is C18H15FN4. The fraction of sp³-hybridized carbons (Fsp3) is 0.111. The summed E-state index contributed by atoms with van der Waals surface area (Å²) in [7, 11) is 1.89. The average molecular weight is 306 g/mol. The zero-order valence-electron chi connectivity index (χ0n) is 12.6. The Morgan fingerprint density at radius 2 is 1.96 bits per heavy atom. The molecule has 0 aliphatic rings. The maximum atomic E-state index is 13.9. The van der Waals surface area contributed by atoms with Gasteiger partial charge in [-0.15, -0.1) is 0 Å². The first-order valence-electron chi connectivity index (χ1n) is 7.38. The summed E-state index contributed by atoms with van der Waals surface area (Å²) in [6.45, 7) is 0.481. The quantitative estimate of drug-likeness (QED) is 0.579. The third kappa shape index (κ3) is 2.50. The van der Waals surface area contributed by atoms with E-state index in [1.165, 1.54) is 6.07 Å². The predicted octanol–water partition coefficient (Wildman–Crippen LogP) is 3.62. The van der Waals surface area contributed by atoms with Crippen molar-refractivity contribution in [2.45, 2.75) is 6.54 Å². The second-order valence-electron chi connectivity index (χ2n) is 5.57. The van der Waals surface area contributed by atoms with Crippen molar-refractivity contribution in [2.75, 3.05) is 0 Å². The topological polar surface area (TPSA) is 35.6 Å². The molecule has 5 heteroatoms. The van der Waals surface area contributed by atoms with E-state index in [1.54, 1.807) is 16.8 Å². The molecule has 4 nitrogen and oxygen atoms in total. The highest BCUT2D eigenvalue weighted by Crippen LogP contribution is 2.23. The van der Waals surface area contributed by atoms with Crippen LogP contribution in [0, 0.1) is 5.82 Å². The number of rotatable bonds is 3. The van der Waals surface area contributed by atoms with Gasteiger partial charge in [-0.2, -0.15) is 5.10 Å². The second kappa shape index (κ2) is 5.35. The van der Waals surface area contributed by atoms with Crippen LogP contribution >= 0.6 is 0 Å². The molecule has 0 saturated heterocycles. The molecule has 4 aromatic rings. The Bertz CT molecular complexity index is 984. The van der Waals surface area contributed by atoms with Crippen LogP contribution in [0.3, 0.4) is 0 Å². The van der Waals surface area contributed by atoms with E-state index in [2.05, 4.69) is 16.1 Å². The van der Waals surface area contributed by atoms with Crippen molar-refractivity contribution in [2.24, 2.45) is 7.05 Å². The van der Waals surface area contributed by atoms with E-state index in [0.717, 1.165) is 22.2 Å². The highest BCUT2D eigenvalue weighted by molar-refractivity contribution is 5.81. The van der Waals surface area contributed by atoms with Gasteiger partial charge >= 0.3 is 0 Å². The molecule has 23 heavy (non-hydrogen) atoms. The molecule has 0 fully saturated rings. The van der Waals surface area contributed by atoms with Crippen LogP contribution in [0.1, 0.15) is 5.56 Å². The zero-order valence-corrected chi connectivity index (χ0v) is 12.6. The highest BCUT2D eigenvalue weighted by atomic mass is 19.1. The molecule has 3 heterocycles. The number of hydrogen-bond donors (Lipinski definition) is 0. The van der Waals surface area contributed by atoms with Gasteiger partial charge in [-0.1, -0.05) is 18.2 Å². The molecule has 0 radical (unpaired) electrons. The molecule has 4 rings (SSSR count). The fourth-order valence-corrected chi connectivity index (χ4v) is 2.74. The van der Waals surface area contributed by atoms with E-state index in [9.17, 15) is 4.39 Å². The van der Waals surface area contributed by atoms with Crippen molar-refractivity contribution >= 4 is 11.0 Å². The SMILES string of the molecule is Cn1cc(-c2cnc3ccn(Cc4ccccc4F)c3c2)cn1. The molecule has 0 atom stereocenters. The molecule has 3 aromatic heterocycles. The highest BCUT2D eigenvalue weighted by Gasteiger charge is 2.08. The molecule has 0 bridgehead atoms. The standard InChI is InChI=1S/C18H15FN4/c1-22-11-15(10-21-22)14-8-18-17(20-9-14)6-7-23(18)12-13-4-2-3-5-16(13)19/h2-11H,12H2,1H3. The van der Waals surface area contributed by atoms with Crippen LogP contribution in [-0.4, -0.2) is 19.3 Å². The Morgan fingerprint density at radius 3 is 2.74 bits per heavy atom. The summed E-state index contributed by atoms with van der Waals surface area (Å²) in [4.78, 5) is 4.50. The molecule has 0 aliphatic carbocycles. The van der Waals surface area contributed by atoms with Gasteiger partial charge in [-0.25, -0.2) is 4.39 Å². The number of halogens is 1. The van der Waals surface area contributed by atoms with E-state index < -0.39 is 0 Å². The lowest BCUT2D eigenvalue weighted by atomic mass is 10.1. The van der Waals surface area contributed by atoms with E-state index >= 15 is 0 Å². The van der Waals surface area contributed by atoms with E-state index in [4.69, 9.17) is 0 Å². The van der Waals surface area contributed by atoms with E-state index in [0.29, 0.717) is 12.1 Å². The van der Waals surface area contributed by atoms with Gasteiger partial charge in [-0.05, 0) is 18.2 Å². The maximum Gasteiger partial charge on any atom is 0.128 e. The van der Waals surface area contributed by atoms with Crippen LogP contribution in [0.25, 0.3) is 22.2 Å². The van der Waals surface area contributed by atoms with Gasteiger partial charge in [-0.3, -0.25) is 9.67 Å². The van der Waals surface area contributed by atoms with Crippen LogP contribution in [-0.2, 0) is 13.6 Å². The summed E-state index contributed by atoms with van der Waals surface area (Å²) in [5.41, 5.74) is 4.56. The number of fused-ring (bicyclic) bond motifs is 1. The normalized spacial score (nSPS) is 11.2. The lowest BCUT2D eigenvalue weighted by Gasteiger charge is -2.07. The Morgan fingerprint density at radius 1 is 1.09 bits per heavy atom. The summed E-state index contributed by atoms with van der Waals surface area (Å²) < 4.78 is 17.7. The molecule has 0 aliphatic heterocycles. The third-order valence-corrected chi connectivity index (χ3v) is 3.96. The molecule has 1 aromatic carbocycles. The Balaban J connectivity index is 1.77. The minimum atomic E-state index is -0.189. The van der Waals surface area contributed by atoms with Crippen molar-refractivity contribution in [3.63, 3.8) is 0 Å². The Labute approximate surface area is 132 Å². The van der Waals surface area contributed by atoms with Crippen LogP contribution in [0.4, 0.5) is 4.39 Å². The van der Waals surface area contributed by atoms with E-state index in [-0.39, 0.29) is 5.82 Å². The Hall–Kier alpha value is -2.95. The predicted molar refractivity (Wildman–Crippen MR) is 87.4 cm³/mol. The smallest absolute Gasteiger partial charge is 0.128 e. The minimum absolute atomic E-state index is 0.189. The van der Waals surface area contributed by atoms with Crippen LogP contribution in [0.2, 0.25) is 0 Å². The summed E-state index contributed by atoms with van der Waals surface area (Å²) >= 11 is 0. The fourth-order valence-electron chi connectivity index (χ4n) is 2.74. The third-order valence-electron chi connectivity index (χ3n) is 3.96. The minimum Gasteiger partial charge on any atom is -0.342 e. The average Bonchev–Trinajstić information content (AvgIpc) is 3.16. The number of hydrogen-bond acceptors (Lipinski definition) is 2. The summed E-state index contributed by atoms with van der Waals surface area (Å²) in [6, 6.07) is 10.9. The van der Waals surface area contributed by atoms with E-state index in [1.807, 2.05) is 48.5 Å². The van der Waals surface area contributed by atoms with Gasteiger partial charge in [0.1, 0.15) is 5.82 Å². The lowest BCUT2D eigenvalue weighted by molar-refractivity contribution is 0.602. The van der Waals surface area contributed by atoms with Crippen LogP contribution in [0.5, 0.6) is 0 Å². The number of pyridine rings is 1. The molecule has 0 unspecified atom stereocenters. The molecule has 0 spiro atoms. The molecule has 0 amide bonds. The monoisotopic (exact) mass is 306 g/mol. The number of benzene rings is 1. The number of aromatic nitrogens is 4. The van der Waals surface area contributed by atoms with Gasteiger partial charge in [0.05, 0.1) is 23.8 Å². The zero-order chi connectivity index (χ0) is 15.8. The van der Waals surface area contributed by atoms with Crippen LogP contribution < -0.4 is 0 Å². The van der Waals surface area contributed by atoms with Gasteiger partial charge in [0.25, 0.3) is 0 Å². The van der Waals surface area contributed by atoms with Crippen molar-refractivity contribution in [1.29, 1.82) is 0 Å². The first-order valence-corrected chi connectivity index (χ1v) is 7.38. The number of nitrogens with zero attached hydrogens (tertiary/aromatic N) is 4. The summed E-state index contributed by atoms with van der Waals surface area (Å²) in [6.07, 6.45) is 7.55. The Kier molecular flexibility index (Phi) is 3.19. The largest absolute Gasteiger partial charge is 0.342 e. The van der Waals surface area contributed by atoms with Gasteiger partial charge in [0, 0.05) is 42.3 Å². The molecular weight excluding hydrogens is 291 g/mol. The van der Waals surface area contributed by atoms with Crippen molar-refractivity contribution in [3.05, 3.63) is 72.6 Å². The first-order chi connectivity index (χ1) is 11.2.